The molecule has 1 unspecified atom stereocenters. The lowest BCUT2D eigenvalue weighted by Crippen LogP contribution is -2.37. The van der Waals surface area contributed by atoms with Crippen LogP contribution < -0.4 is 20.1 Å². The molecule has 9 heteroatoms. The third kappa shape index (κ3) is 6.20. The number of nitrogens with one attached hydrogen (secondary N) is 2. The average Bonchev–Trinajstić information content (AvgIpc) is 2.73. The van der Waals surface area contributed by atoms with Gasteiger partial charge in [0.15, 0.2) is 11.5 Å². The molecule has 30 heavy (non-hydrogen) atoms. The second-order valence-corrected chi connectivity index (χ2v) is 6.64. The Bertz CT molecular complexity index is 901. The summed E-state index contributed by atoms with van der Waals surface area (Å²) in [6, 6.07) is 11.2. The Morgan fingerprint density at radius 1 is 1.10 bits per heavy atom. The molecule has 2 amide bonds. The number of nitro benzene ring substituents is 1. The van der Waals surface area contributed by atoms with Crippen molar-refractivity contribution in [3.05, 3.63) is 63.7 Å². The molecule has 1 atom stereocenters. The largest absolute Gasteiger partial charge is 0.493 e. The van der Waals surface area contributed by atoms with Gasteiger partial charge in [-0.2, -0.15) is 0 Å². The van der Waals surface area contributed by atoms with Gasteiger partial charge in [-0.3, -0.25) is 19.7 Å². The first-order valence-corrected chi connectivity index (χ1v) is 9.37. The molecule has 0 saturated carbocycles. The molecular weight excluding hydrogens is 390 g/mol. The highest BCUT2D eigenvalue weighted by Crippen LogP contribution is 2.34. The standard InChI is InChI=1S/C21H25N3O6/c1-14(23-21(26)15-7-5-4-6-8-15)11-20(25)22-10-9-16-12-18(29-2)19(30-3)13-17(16)24(27)28/h4-8,12-14H,9-11H2,1-3H3,(H,22,25)(H,23,26). The lowest BCUT2D eigenvalue weighted by Gasteiger charge is -2.14. The van der Waals surface area contributed by atoms with Crippen molar-refractivity contribution in [2.75, 3.05) is 20.8 Å². The van der Waals surface area contributed by atoms with Gasteiger partial charge in [-0.1, -0.05) is 18.2 Å². The van der Waals surface area contributed by atoms with Crippen molar-refractivity contribution in [1.29, 1.82) is 0 Å². The molecule has 0 heterocycles. The van der Waals surface area contributed by atoms with Crippen LogP contribution in [0.15, 0.2) is 42.5 Å². The van der Waals surface area contributed by atoms with Crippen molar-refractivity contribution in [1.82, 2.24) is 10.6 Å². The van der Waals surface area contributed by atoms with E-state index in [1.807, 2.05) is 6.07 Å². The molecule has 0 aromatic heterocycles. The number of rotatable bonds is 10. The van der Waals surface area contributed by atoms with Crippen LogP contribution in [0.4, 0.5) is 5.69 Å². The highest BCUT2D eigenvalue weighted by molar-refractivity contribution is 5.94. The van der Waals surface area contributed by atoms with Gasteiger partial charge < -0.3 is 20.1 Å². The summed E-state index contributed by atoms with van der Waals surface area (Å²) >= 11 is 0. The van der Waals surface area contributed by atoms with E-state index in [9.17, 15) is 19.7 Å². The Balaban J connectivity index is 1.89. The SMILES string of the molecule is COc1cc(CCNC(=O)CC(C)NC(=O)c2ccccc2)c([N+](=O)[O-])cc1OC. The number of amides is 2. The molecule has 0 fully saturated rings. The van der Waals surface area contributed by atoms with E-state index in [0.717, 1.165) is 0 Å². The first-order chi connectivity index (χ1) is 14.3. The molecule has 0 spiro atoms. The predicted molar refractivity (Wildman–Crippen MR) is 111 cm³/mol. The van der Waals surface area contributed by atoms with Gasteiger partial charge in [-0.15, -0.1) is 0 Å². The van der Waals surface area contributed by atoms with Gasteiger partial charge in [0.05, 0.1) is 25.2 Å². The van der Waals surface area contributed by atoms with Gasteiger partial charge in [0, 0.05) is 30.1 Å². The van der Waals surface area contributed by atoms with Gasteiger partial charge in [-0.25, -0.2) is 0 Å². The number of benzene rings is 2. The molecule has 9 nitrogen and oxygen atoms in total. The number of nitrogens with zero attached hydrogens (tertiary/aromatic N) is 1. The molecule has 2 rings (SSSR count). The van der Waals surface area contributed by atoms with Crippen LogP contribution in [0.2, 0.25) is 0 Å². The van der Waals surface area contributed by atoms with Crippen LogP contribution in [0, 0.1) is 10.1 Å². The van der Waals surface area contributed by atoms with Crippen molar-refractivity contribution in [3.8, 4) is 11.5 Å². The molecule has 2 N–H and O–H groups in total. The molecule has 0 radical (unpaired) electrons. The van der Waals surface area contributed by atoms with E-state index in [1.54, 1.807) is 31.2 Å². The molecular formula is C21H25N3O6. The van der Waals surface area contributed by atoms with E-state index in [4.69, 9.17) is 9.47 Å². The van der Waals surface area contributed by atoms with E-state index in [1.165, 1.54) is 26.4 Å². The Morgan fingerprint density at radius 3 is 2.33 bits per heavy atom. The highest BCUT2D eigenvalue weighted by Gasteiger charge is 2.19. The summed E-state index contributed by atoms with van der Waals surface area (Å²) < 4.78 is 10.3. The van der Waals surface area contributed by atoms with Crippen molar-refractivity contribution < 1.29 is 24.0 Å². The zero-order valence-electron chi connectivity index (χ0n) is 17.1. The van der Waals surface area contributed by atoms with Crippen molar-refractivity contribution in [2.45, 2.75) is 25.8 Å². The number of nitro groups is 1. The van der Waals surface area contributed by atoms with Crippen LogP contribution in [-0.4, -0.2) is 43.5 Å². The zero-order valence-corrected chi connectivity index (χ0v) is 17.1. The number of methoxy groups -OCH3 is 2. The lowest BCUT2D eigenvalue weighted by atomic mass is 10.1. The second kappa shape index (κ2) is 10.8. The van der Waals surface area contributed by atoms with Gasteiger partial charge >= 0.3 is 0 Å². The number of ether oxygens (including phenoxy) is 2. The summed E-state index contributed by atoms with van der Waals surface area (Å²) in [6.45, 7) is 1.94. The molecule has 0 aliphatic rings. The summed E-state index contributed by atoms with van der Waals surface area (Å²) in [4.78, 5) is 35.1. The third-order valence-corrected chi connectivity index (χ3v) is 4.40. The minimum atomic E-state index is -0.500. The van der Waals surface area contributed by atoms with Gasteiger partial charge in [0.2, 0.25) is 5.91 Å². The Labute approximate surface area is 174 Å². The van der Waals surface area contributed by atoms with Crippen LogP contribution in [0.3, 0.4) is 0 Å². The quantitative estimate of drug-likeness (QED) is 0.454. The van der Waals surface area contributed by atoms with Gasteiger partial charge in [-0.05, 0) is 31.5 Å². The zero-order chi connectivity index (χ0) is 22.1. The van der Waals surface area contributed by atoms with Crippen LogP contribution in [-0.2, 0) is 11.2 Å². The number of hydrogen-bond acceptors (Lipinski definition) is 6. The number of hydrogen-bond donors (Lipinski definition) is 2. The average molecular weight is 415 g/mol. The minimum absolute atomic E-state index is 0.0899. The molecule has 160 valence electrons. The minimum Gasteiger partial charge on any atom is -0.493 e. The fraction of sp³-hybridized carbons (Fsp3) is 0.333. The van der Waals surface area contributed by atoms with E-state index < -0.39 is 4.92 Å². The van der Waals surface area contributed by atoms with Crippen LogP contribution >= 0.6 is 0 Å². The van der Waals surface area contributed by atoms with Crippen LogP contribution in [0.1, 0.15) is 29.3 Å². The van der Waals surface area contributed by atoms with Gasteiger partial charge in [0.1, 0.15) is 0 Å². The molecule has 0 bridgehead atoms. The summed E-state index contributed by atoms with van der Waals surface area (Å²) in [5.41, 5.74) is 0.833. The second-order valence-electron chi connectivity index (χ2n) is 6.64. The topological polar surface area (TPSA) is 120 Å². The lowest BCUT2D eigenvalue weighted by molar-refractivity contribution is -0.385. The van der Waals surface area contributed by atoms with Crippen molar-refractivity contribution in [2.24, 2.45) is 0 Å². The maximum atomic E-state index is 12.2. The maximum Gasteiger partial charge on any atom is 0.276 e. The van der Waals surface area contributed by atoms with E-state index in [-0.39, 0.29) is 48.7 Å². The first kappa shape index (κ1) is 22.7. The summed E-state index contributed by atoms with van der Waals surface area (Å²) in [6.07, 6.45) is 0.333. The molecule has 2 aromatic rings. The maximum absolute atomic E-state index is 12.2. The third-order valence-electron chi connectivity index (χ3n) is 4.40. The summed E-state index contributed by atoms with van der Waals surface area (Å²) in [7, 11) is 2.85. The molecule has 2 aromatic carbocycles. The fourth-order valence-electron chi connectivity index (χ4n) is 2.92. The molecule has 0 aliphatic carbocycles. The highest BCUT2D eigenvalue weighted by atomic mass is 16.6. The molecule has 0 saturated heterocycles. The van der Waals surface area contributed by atoms with Gasteiger partial charge in [0.25, 0.3) is 11.6 Å². The Morgan fingerprint density at radius 2 is 1.73 bits per heavy atom. The number of carbonyl (C=O) groups is 2. The Hall–Kier alpha value is -3.62. The first-order valence-electron chi connectivity index (χ1n) is 9.37. The summed E-state index contributed by atoms with van der Waals surface area (Å²) in [5, 5.41) is 16.8. The van der Waals surface area contributed by atoms with Crippen molar-refractivity contribution in [3.63, 3.8) is 0 Å². The van der Waals surface area contributed by atoms with Crippen LogP contribution in [0.25, 0.3) is 0 Å². The fourth-order valence-corrected chi connectivity index (χ4v) is 2.92. The predicted octanol–water partition coefficient (Wildman–Crippen LogP) is 2.48. The smallest absolute Gasteiger partial charge is 0.276 e. The van der Waals surface area contributed by atoms with E-state index in [0.29, 0.717) is 16.9 Å². The van der Waals surface area contributed by atoms with E-state index >= 15 is 0 Å². The monoisotopic (exact) mass is 415 g/mol. The normalized spacial score (nSPS) is 11.3. The van der Waals surface area contributed by atoms with E-state index in [2.05, 4.69) is 10.6 Å². The van der Waals surface area contributed by atoms with Crippen LogP contribution in [0.5, 0.6) is 11.5 Å². The number of carbonyl (C=O) groups excluding carboxylic acids is 2. The summed E-state index contributed by atoms with van der Waals surface area (Å²) in [5.74, 6) is 0.123. The van der Waals surface area contributed by atoms with Crippen molar-refractivity contribution >= 4 is 17.5 Å². The Kier molecular flexibility index (Phi) is 8.16. The molecule has 0 aliphatic heterocycles.